The van der Waals surface area contributed by atoms with Crippen LogP contribution in [0, 0.1) is 11.8 Å². The van der Waals surface area contributed by atoms with E-state index in [4.69, 9.17) is 5.11 Å². The minimum atomic E-state index is 0.381. The van der Waals surface area contributed by atoms with E-state index in [9.17, 15) is 0 Å². The molecular formula is C10H20O. The van der Waals surface area contributed by atoms with Gasteiger partial charge in [0.1, 0.15) is 0 Å². The minimum Gasteiger partial charge on any atom is -0.396 e. The van der Waals surface area contributed by atoms with Crippen molar-refractivity contribution in [1.29, 1.82) is 0 Å². The van der Waals surface area contributed by atoms with Gasteiger partial charge < -0.3 is 5.11 Å². The van der Waals surface area contributed by atoms with Crippen LogP contribution in [0.15, 0.2) is 0 Å². The van der Waals surface area contributed by atoms with Crippen LogP contribution in [-0.2, 0) is 0 Å². The number of aliphatic hydroxyl groups is 1. The molecule has 1 rings (SSSR count). The summed E-state index contributed by atoms with van der Waals surface area (Å²) in [5.74, 6) is 1.89. The summed E-state index contributed by atoms with van der Waals surface area (Å²) in [5.41, 5.74) is 0. The quantitative estimate of drug-likeness (QED) is 0.666. The van der Waals surface area contributed by atoms with Crippen molar-refractivity contribution in [2.45, 2.75) is 45.4 Å². The Balaban J connectivity index is 2.07. The van der Waals surface area contributed by atoms with Crippen LogP contribution >= 0.6 is 0 Å². The highest BCUT2D eigenvalue weighted by molar-refractivity contribution is 4.69. The molecule has 0 aromatic carbocycles. The maximum absolute atomic E-state index is 8.65. The zero-order valence-corrected chi connectivity index (χ0v) is 7.55. The second-order valence-corrected chi connectivity index (χ2v) is 3.99. The first-order chi connectivity index (χ1) is 5.33. The van der Waals surface area contributed by atoms with E-state index >= 15 is 0 Å². The van der Waals surface area contributed by atoms with E-state index in [-0.39, 0.29) is 0 Å². The Kier molecular flexibility index (Phi) is 3.92. The zero-order chi connectivity index (χ0) is 8.10. The molecule has 0 saturated heterocycles. The molecule has 0 amide bonds. The molecule has 1 aliphatic rings. The highest BCUT2D eigenvalue weighted by Gasteiger charge is 2.17. The second kappa shape index (κ2) is 4.76. The maximum Gasteiger partial charge on any atom is 0.0431 e. The van der Waals surface area contributed by atoms with Crippen molar-refractivity contribution < 1.29 is 5.11 Å². The number of rotatable bonds is 3. The lowest BCUT2D eigenvalue weighted by atomic mass is 9.81. The summed E-state index contributed by atoms with van der Waals surface area (Å²) in [4.78, 5) is 0. The fourth-order valence-corrected chi connectivity index (χ4v) is 2.00. The van der Waals surface area contributed by atoms with Crippen molar-refractivity contribution in [3.05, 3.63) is 0 Å². The largest absolute Gasteiger partial charge is 0.396 e. The van der Waals surface area contributed by atoms with Crippen LogP contribution in [0.1, 0.15) is 45.4 Å². The van der Waals surface area contributed by atoms with Gasteiger partial charge in [-0.1, -0.05) is 32.6 Å². The fourth-order valence-electron chi connectivity index (χ4n) is 2.00. The molecule has 0 bridgehead atoms. The first-order valence-electron chi connectivity index (χ1n) is 4.93. The third-order valence-corrected chi connectivity index (χ3v) is 2.91. The number of aliphatic hydroxyl groups excluding tert-OH is 1. The zero-order valence-electron chi connectivity index (χ0n) is 7.55. The van der Waals surface area contributed by atoms with Crippen molar-refractivity contribution >= 4 is 0 Å². The van der Waals surface area contributed by atoms with Gasteiger partial charge in [-0.25, -0.2) is 0 Å². The molecule has 1 fully saturated rings. The molecule has 1 N–H and O–H groups in total. The number of hydrogen-bond donors (Lipinski definition) is 1. The molecule has 1 heteroatoms. The lowest BCUT2D eigenvalue weighted by Gasteiger charge is -2.25. The molecule has 0 aromatic heterocycles. The third kappa shape index (κ3) is 3.24. The lowest BCUT2D eigenvalue weighted by Crippen LogP contribution is -2.12. The Morgan fingerprint density at radius 2 is 1.82 bits per heavy atom. The standard InChI is InChI=1S/C10H20O/c1-9-4-6-10(7-5-9)3-2-8-11/h9-11H,2-8H2,1H3/t9-,10-. The summed E-state index contributed by atoms with van der Waals surface area (Å²) in [6.45, 7) is 2.73. The Bertz CT molecular complexity index is 90.3. The molecule has 0 unspecified atom stereocenters. The van der Waals surface area contributed by atoms with Gasteiger partial charge in [-0.15, -0.1) is 0 Å². The van der Waals surface area contributed by atoms with E-state index in [2.05, 4.69) is 6.92 Å². The van der Waals surface area contributed by atoms with Crippen molar-refractivity contribution in [2.75, 3.05) is 6.61 Å². The SMILES string of the molecule is C[C@H]1CC[C@H](CCCO)CC1. The summed E-state index contributed by atoms with van der Waals surface area (Å²) in [7, 11) is 0. The van der Waals surface area contributed by atoms with Crippen LogP contribution in [0.5, 0.6) is 0 Å². The van der Waals surface area contributed by atoms with Crippen LogP contribution in [0.3, 0.4) is 0 Å². The minimum absolute atomic E-state index is 0.381. The van der Waals surface area contributed by atoms with E-state index in [0.29, 0.717) is 6.61 Å². The van der Waals surface area contributed by atoms with Gasteiger partial charge in [0.2, 0.25) is 0 Å². The van der Waals surface area contributed by atoms with E-state index in [0.717, 1.165) is 18.3 Å². The Labute approximate surface area is 69.8 Å². The Hall–Kier alpha value is -0.0400. The van der Waals surface area contributed by atoms with Gasteiger partial charge in [0.15, 0.2) is 0 Å². The van der Waals surface area contributed by atoms with Gasteiger partial charge in [0, 0.05) is 6.61 Å². The normalized spacial score (nSPS) is 32.2. The molecule has 0 heterocycles. The van der Waals surface area contributed by atoms with Gasteiger partial charge >= 0.3 is 0 Å². The fraction of sp³-hybridized carbons (Fsp3) is 1.00. The topological polar surface area (TPSA) is 20.2 Å². The smallest absolute Gasteiger partial charge is 0.0431 e. The van der Waals surface area contributed by atoms with Gasteiger partial charge in [0.05, 0.1) is 0 Å². The van der Waals surface area contributed by atoms with Crippen molar-refractivity contribution in [1.82, 2.24) is 0 Å². The summed E-state index contributed by atoms with van der Waals surface area (Å²) >= 11 is 0. The average Bonchev–Trinajstić information content (AvgIpc) is 2.04. The third-order valence-electron chi connectivity index (χ3n) is 2.91. The molecule has 66 valence electrons. The molecule has 0 aliphatic heterocycles. The monoisotopic (exact) mass is 156 g/mol. The summed E-state index contributed by atoms with van der Waals surface area (Å²) < 4.78 is 0. The van der Waals surface area contributed by atoms with E-state index in [1.165, 1.54) is 32.1 Å². The highest BCUT2D eigenvalue weighted by atomic mass is 16.2. The van der Waals surface area contributed by atoms with Gasteiger partial charge in [-0.05, 0) is 24.7 Å². The average molecular weight is 156 g/mol. The van der Waals surface area contributed by atoms with E-state index in [1.54, 1.807) is 0 Å². The molecular weight excluding hydrogens is 136 g/mol. The lowest BCUT2D eigenvalue weighted by molar-refractivity contribution is 0.235. The Morgan fingerprint density at radius 1 is 1.18 bits per heavy atom. The van der Waals surface area contributed by atoms with Gasteiger partial charge in [0.25, 0.3) is 0 Å². The summed E-state index contributed by atoms with van der Waals surface area (Å²) in [5, 5.41) is 8.65. The molecule has 1 saturated carbocycles. The predicted molar refractivity (Wildman–Crippen MR) is 47.4 cm³/mol. The molecule has 1 aliphatic carbocycles. The number of hydrogen-bond acceptors (Lipinski definition) is 1. The molecule has 0 radical (unpaired) electrons. The van der Waals surface area contributed by atoms with Gasteiger partial charge in [-0.3, -0.25) is 0 Å². The van der Waals surface area contributed by atoms with Crippen molar-refractivity contribution in [3.63, 3.8) is 0 Å². The van der Waals surface area contributed by atoms with Crippen LogP contribution in [0.25, 0.3) is 0 Å². The van der Waals surface area contributed by atoms with E-state index < -0.39 is 0 Å². The highest BCUT2D eigenvalue weighted by Crippen LogP contribution is 2.30. The first-order valence-corrected chi connectivity index (χ1v) is 4.93. The van der Waals surface area contributed by atoms with Crippen LogP contribution in [0.4, 0.5) is 0 Å². The van der Waals surface area contributed by atoms with Crippen LogP contribution < -0.4 is 0 Å². The first kappa shape index (κ1) is 9.05. The molecule has 0 atom stereocenters. The summed E-state index contributed by atoms with van der Waals surface area (Å²) in [6.07, 6.45) is 7.90. The van der Waals surface area contributed by atoms with Crippen molar-refractivity contribution in [2.24, 2.45) is 11.8 Å². The molecule has 11 heavy (non-hydrogen) atoms. The van der Waals surface area contributed by atoms with E-state index in [1.807, 2.05) is 0 Å². The maximum atomic E-state index is 8.65. The van der Waals surface area contributed by atoms with Crippen LogP contribution in [0.2, 0.25) is 0 Å². The molecule has 0 aromatic rings. The second-order valence-electron chi connectivity index (χ2n) is 3.99. The summed E-state index contributed by atoms with van der Waals surface area (Å²) in [6, 6.07) is 0. The molecule has 1 nitrogen and oxygen atoms in total. The van der Waals surface area contributed by atoms with Crippen molar-refractivity contribution in [3.8, 4) is 0 Å². The molecule has 0 spiro atoms. The van der Waals surface area contributed by atoms with Crippen LogP contribution in [-0.4, -0.2) is 11.7 Å². The van der Waals surface area contributed by atoms with Gasteiger partial charge in [-0.2, -0.15) is 0 Å². The Morgan fingerprint density at radius 3 is 2.36 bits per heavy atom. The predicted octanol–water partition coefficient (Wildman–Crippen LogP) is 2.59.